The van der Waals surface area contributed by atoms with E-state index >= 15 is 0 Å². The van der Waals surface area contributed by atoms with Crippen molar-refractivity contribution in [1.82, 2.24) is 0 Å². The first-order valence-electron chi connectivity index (χ1n) is 3.62. The van der Waals surface area contributed by atoms with Crippen molar-refractivity contribution in [2.45, 2.75) is 0 Å². The Labute approximate surface area is 89.7 Å². The third-order valence-electron chi connectivity index (χ3n) is 1.40. The predicted octanol–water partition coefficient (Wildman–Crippen LogP) is 3.75. The van der Waals surface area contributed by atoms with E-state index in [1.807, 2.05) is 0 Å². The fourth-order valence-corrected chi connectivity index (χ4v) is 1.25. The maximum absolute atomic E-state index is 12.8. The summed E-state index contributed by atoms with van der Waals surface area (Å²) in [7, 11) is 0. The lowest BCUT2D eigenvalue weighted by molar-refractivity contribution is 0.621. The quantitative estimate of drug-likeness (QED) is 0.877. The molecule has 0 aliphatic heterocycles. The number of benzene rings is 1. The van der Waals surface area contributed by atoms with Gasteiger partial charge in [-0.05, 0) is 34.1 Å². The topological polar surface area (TPSA) is 12.0 Å². The van der Waals surface area contributed by atoms with Crippen LogP contribution in [0.5, 0.6) is 0 Å². The van der Waals surface area contributed by atoms with Crippen LogP contribution in [0.4, 0.5) is 10.1 Å². The zero-order valence-corrected chi connectivity index (χ0v) is 9.12. The van der Waals surface area contributed by atoms with Gasteiger partial charge in [0.05, 0.1) is 11.0 Å². The lowest BCUT2D eigenvalue weighted by Gasteiger charge is -2.05. The Balaban J connectivity index is 2.68. The van der Waals surface area contributed by atoms with E-state index < -0.39 is 0 Å². The van der Waals surface area contributed by atoms with Crippen LogP contribution in [0.15, 0.2) is 34.3 Å². The van der Waals surface area contributed by atoms with Crippen molar-refractivity contribution < 1.29 is 4.39 Å². The van der Waals surface area contributed by atoms with Gasteiger partial charge in [0.25, 0.3) is 0 Å². The van der Waals surface area contributed by atoms with Crippen LogP contribution in [0.25, 0.3) is 0 Å². The van der Waals surface area contributed by atoms with Crippen molar-refractivity contribution in [3.63, 3.8) is 0 Å². The third-order valence-corrected chi connectivity index (χ3v) is 2.15. The first kappa shape index (κ1) is 10.5. The van der Waals surface area contributed by atoms with E-state index in [-0.39, 0.29) is 5.82 Å². The van der Waals surface area contributed by atoms with Gasteiger partial charge in [-0.1, -0.05) is 18.2 Å². The Morgan fingerprint density at radius 3 is 2.85 bits per heavy atom. The number of hydrogen-bond acceptors (Lipinski definition) is 1. The van der Waals surface area contributed by atoms with Gasteiger partial charge in [-0.25, -0.2) is 4.39 Å². The molecule has 1 aromatic carbocycles. The molecule has 0 aliphatic carbocycles. The standard InChI is InChI=1S/C9H8BrClFN/c1-6(11)5-13-7-2-3-9(12)8(10)4-7/h2-4,13H,1,5H2. The van der Waals surface area contributed by atoms with Gasteiger partial charge < -0.3 is 5.32 Å². The summed E-state index contributed by atoms with van der Waals surface area (Å²) in [6, 6.07) is 4.67. The Kier molecular flexibility index (Phi) is 3.75. The average molecular weight is 265 g/mol. The maximum Gasteiger partial charge on any atom is 0.137 e. The lowest BCUT2D eigenvalue weighted by Crippen LogP contribution is -2.00. The molecule has 0 atom stereocenters. The number of nitrogens with one attached hydrogen (secondary N) is 1. The summed E-state index contributed by atoms with van der Waals surface area (Å²) in [5.41, 5.74) is 0.801. The van der Waals surface area contributed by atoms with Gasteiger partial charge in [-0.2, -0.15) is 0 Å². The van der Waals surface area contributed by atoms with Gasteiger partial charge in [0.15, 0.2) is 0 Å². The van der Waals surface area contributed by atoms with E-state index in [1.165, 1.54) is 6.07 Å². The first-order valence-corrected chi connectivity index (χ1v) is 4.79. The van der Waals surface area contributed by atoms with Crippen molar-refractivity contribution in [3.05, 3.63) is 40.1 Å². The smallest absolute Gasteiger partial charge is 0.137 e. The summed E-state index contributed by atoms with van der Waals surface area (Å²) < 4.78 is 13.2. The molecule has 0 radical (unpaired) electrons. The maximum atomic E-state index is 12.8. The molecule has 0 bridgehead atoms. The summed E-state index contributed by atoms with van der Waals surface area (Å²) >= 11 is 8.64. The van der Waals surface area contributed by atoms with Crippen molar-refractivity contribution in [2.24, 2.45) is 0 Å². The molecule has 0 saturated heterocycles. The van der Waals surface area contributed by atoms with Crippen LogP contribution in [-0.2, 0) is 0 Å². The Bertz CT molecular complexity index is 327. The summed E-state index contributed by atoms with van der Waals surface area (Å²) in [6.07, 6.45) is 0. The summed E-state index contributed by atoms with van der Waals surface area (Å²) in [5, 5.41) is 3.50. The predicted molar refractivity (Wildman–Crippen MR) is 57.6 cm³/mol. The highest BCUT2D eigenvalue weighted by Crippen LogP contribution is 2.20. The molecule has 0 heterocycles. The van der Waals surface area contributed by atoms with Gasteiger partial charge in [0, 0.05) is 10.7 Å². The molecule has 1 rings (SSSR count). The van der Waals surface area contributed by atoms with Crippen LogP contribution in [0.1, 0.15) is 0 Å². The van der Waals surface area contributed by atoms with Crippen LogP contribution >= 0.6 is 27.5 Å². The van der Waals surface area contributed by atoms with E-state index in [0.717, 1.165) is 5.69 Å². The fourth-order valence-electron chi connectivity index (χ4n) is 0.804. The minimum Gasteiger partial charge on any atom is -0.380 e. The zero-order valence-electron chi connectivity index (χ0n) is 6.78. The SMILES string of the molecule is C=C(Cl)CNc1ccc(F)c(Br)c1. The average Bonchev–Trinajstić information content (AvgIpc) is 2.07. The molecule has 1 aromatic rings. The second-order valence-electron chi connectivity index (χ2n) is 2.50. The van der Waals surface area contributed by atoms with Crippen LogP contribution < -0.4 is 5.32 Å². The van der Waals surface area contributed by atoms with E-state index in [1.54, 1.807) is 12.1 Å². The molecular weight excluding hydrogens is 256 g/mol. The monoisotopic (exact) mass is 263 g/mol. The summed E-state index contributed by atoms with van der Waals surface area (Å²) in [5.74, 6) is -0.282. The molecule has 13 heavy (non-hydrogen) atoms. The molecule has 0 aromatic heterocycles. The largest absolute Gasteiger partial charge is 0.380 e. The van der Waals surface area contributed by atoms with Crippen LogP contribution in [0, 0.1) is 5.82 Å². The molecular formula is C9H8BrClFN. The minimum atomic E-state index is -0.282. The molecule has 0 unspecified atom stereocenters. The first-order chi connectivity index (χ1) is 6.09. The molecule has 0 spiro atoms. The van der Waals surface area contributed by atoms with Crippen LogP contribution in [0.3, 0.4) is 0 Å². The Morgan fingerprint density at radius 1 is 1.62 bits per heavy atom. The van der Waals surface area contributed by atoms with Crippen molar-refractivity contribution in [3.8, 4) is 0 Å². The van der Waals surface area contributed by atoms with E-state index in [2.05, 4.69) is 27.8 Å². The Hall–Kier alpha value is -0.540. The van der Waals surface area contributed by atoms with E-state index in [9.17, 15) is 4.39 Å². The van der Waals surface area contributed by atoms with Gasteiger partial charge in [-0.15, -0.1) is 0 Å². The van der Waals surface area contributed by atoms with E-state index in [0.29, 0.717) is 16.0 Å². The molecule has 1 N–H and O–H groups in total. The van der Waals surface area contributed by atoms with Crippen molar-refractivity contribution in [2.75, 3.05) is 11.9 Å². The molecule has 0 fully saturated rings. The third kappa shape index (κ3) is 3.36. The van der Waals surface area contributed by atoms with Crippen molar-refractivity contribution in [1.29, 1.82) is 0 Å². The van der Waals surface area contributed by atoms with Crippen LogP contribution in [-0.4, -0.2) is 6.54 Å². The second kappa shape index (κ2) is 4.63. The summed E-state index contributed by atoms with van der Waals surface area (Å²) in [6.45, 7) is 4.00. The molecule has 4 heteroatoms. The fraction of sp³-hybridized carbons (Fsp3) is 0.111. The van der Waals surface area contributed by atoms with Crippen molar-refractivity contribution >= 4 is 33.2 Å². The second-order valence-corrected chi connectivity index (χ2v) is 3.89. The number of rotatable bonds is 3. The molecule has 1 nitrogen and oxygen atoms in total. The number of anilines is 1. The normalized spacial score (nSPS) is 9.77. The van der Waals surface area contributed by atoms with Gasteiger partial charge in [0.1, 0.15) is 5.82 Å². The zero-order chi connectivity index (χ0) is 9.84. The molecule has 0 saturated carbocycles. The molecule has 70 valence electrons. The molecule has 0 amide bonds. The van der Waals surface area contributed by atoms with Gasteiger partial charge in [0.2, 0.25) is 0 Å². The number of halogens is 3. The number of hydrogen-bond donors (Lipinski definition) is 1. The van der Waals surface area contributed by atoms with E-state index in [4.69, 9.17) is 11.6 Å². The lowest BCUT2D eigenvalue weighted by atomic mass is 10.3. The highest BCUT2D eigenvalue weighted by atomic mass is 79.9. The molecule has 0 aliphatic rings. The highest BCUT2D eigenvalue weighted by Gasteiger charge is 1.99. The van der Waals surface area contributed by atoms with Crippen LogP contribution in [0.2, 0.25) is 0 Å². The minimum absolute atomic E-state index is 0.282. The summed E-state index contributed by atoms with van der Waals surface area (Å²) in [4.78, 5) is 0. The van der Waals surface area contributed by atoms with Gasteiger partial charge in [-0.3, -0.25) is 0 Å². The highest BCUT2D eigenvalue weighted by molar-refractivity contribution is 9.10. The Morgan fingerprint density at radius 2 is 2.31 bits per heavy atom. The van der Waals surface area contributed by atoms with Gasteiger partial charge >= 0.3 is 0 Å².